The number of imidazole rings is 1. The summed E-state index contributed by atoms with van der Waals surface area (Å²) in [7, 11) is -0.370. The van der Waals surface area contributed by atoms with Crippen molar-refractivity contribution in [2.75, 3.05) is 0 Å². The highest BCUT2D eigenvalue weighted by Crippen LogP contribution is 2.46. The molecule has 4 atom stereocenters. The first-order valence-corrected chi connectivity index (χ1v) is 13.8. The fourth-order valence-electron chi connectivity index (χ4n) is 5.99. The van der Waals surface area contributed by atoms with Gasteiger partial charge in [0.2, 0.25) is 5.91 Å². The fourth-order valence-corrected chi connectivity index (χ4v) is 5.99. The molecule has 2 saturated heterocycles. The maximum atomic E-state index is 13.6. The third-order valence-corrected chi connectivity index (χ3v) is 9.39. The van der Waals surface area contributed by atoms with Crippen LogP contribution in [-0.2, 0) is 14.1 Å². The number of benzene rings is 1. The number of likely N-dealkylation sites (tertiary alicyclic amines) is 1. The van der Waals surface area contributed by atoms with Gasteiger partial charge in [0.05, 0.1) is 29.1 Å². The van der Waals surface area contributed by atoms with Gasteiger partial charge in [0.1, 0.15) is 5.82 Å². The highest BCUT2D eigenvalue weighted by atomic mass is 16.7. The second-order valence-electron chi connectivity index (χ2n) is 12.5. The Morgan fingerprint density at radius 2 is 1.69 bits per heavy atom. The summed E-state index contributed by atoms with van der Waals surface area (Å²) < 4.78 is 12.4. The van der Waals surface area contributed by atoms with E-state index in [4.69, 9.17) is 14.3 Å². The number of carbonyl (C=O) groups excluding carboxylic acids is 1. The molecule has 7 heteroatoms. The van der Waals surface area contributed by atoms with Crippen molar-refractivity contribution in [2.24, 2.45) is 17.8 Å². The van der Waals surface area contributed by atoms with E-state index in [1.54, 1.807) is 0 Å². The average molecular weight is 491 g/mol. The molecule has 1 aliphatic carbocycles. The standard InChI is InChI=1S/C29H42BN3O3/c1-18(2)19(3)27(34)33-24-11-9-8-10-21(24)16-25(33)26-31-17-23(32-26)20-12-14-22(15-13-20)30-35-28(4,5)29(6,7)36-30/h12-15,17-19,21,24-25H,8-11,16H2,1-7H3,(H,31,32)/t19-,21-,24-,25-/m0/s1. The molecule has 0 bridgehead atoms. The molecule has 1 amide bonds. The summed E-state index contributed by atoms with van der Waals surface area (Å²) in [6.45, 7) is 14.7. The van der Waals surface area contributed by atoms with Crippen LogP contribution in [0.25, 0.3) is 11.3 Å². The van der Waals surface area contributed by atoms with Crippen LogP contribution in [0.15, 0.2) is 30.5 Å². The van der Waals surface area contributed by atoms with E-state index in [0.717, 1.165) is 35.4 Å². The monoisotopic (exact) mass is 491 g/mol. The van der Waals surface area contributed by atoms with Gasteiger partial charge in [-0.25, -0.2) is 4.98 Å². The van der Waals surface area contributed by atoms with E-state index in [9.17, 15) is 4.79 Å². The first-order valence-electron chi connectivity index (χ1n) is 13.8. The zero-order valence-electron chi connectivity index (χ0n) is 23.0. The van der Waals surface area contributed by atoms with E-state index in [-0.39, 0.29) is 36.2 Å². The second-order valence-corrected chi connectivity index (χ2v) is 12.5. The van der Waals surface area contributed by atoms with E-state index < -0.39 is 0 Å². The summed E-state index contributed by atoms with van der Waals surface area (Å²) in [5.41, 5.74) is 2.34. The third kappa shape index (κ3) is 4.43. The number of nitrogens with one attached hydrogen (secondary N) is 1. The summed E-state index contributed by atoms with van der Waals surface area (Å²) >= 11 is 0. The third-order valence-electron chi connectivity index (χ3n) is 9.39. The van der Waals surface area contributed by atoms with Crippen molar-refractivity contribution in [3.8, 4) is 11.3 Å². The maximum absolute atomic E-state index is 13.6. The highest BCUT2D eigenvalue weighted by molar-refractivity contribution is 6.62. The zero-order chi connectivity index (χ0) is 25.8. The van der Waals surface area contributed by atoms with Crippen LogP contribution >= 0.6 is 0 Å². The topological polar surface area (TPSA) is 67.5 Å². The first-order chi connectivity index (χ1) is 17.0. The van der Waals surface area contributed by atoms with Gasteiger partial charge in [-0.2, -0.15) is 0 Å². The Kier molecular flexibility index (Phi) is 6.61. The van der Waals surface area contributed by atoms with Gasteiger partial charge >= 0.3 is 7.12 Å². The number of fused-ring (bicyclic) bond motifs is 1. The molecule has 3 aliphatic rings. The fraction of sp³-hybridized carbons (Fsp3) is 0.655. The molecular weight excluding hydrogens is 449 g/mol. The van der Waals surface area contributed by atoms with Crippen LogP contribution in [0.1, 0.15) is 92.4 Å². The molecule has 0 spiro atoms. The Balaban J connectivity index is 1.36. The molecule has 5 rings (SSSR count). The van der Waals surface area contributed by atoms with E-state index in [1.165, 1.54) is 19.3 Å². The van der Waals surface area contributed by atoms with Gasteiger partial charge in [-0.15, -0.1) is 0 Å². The van der Waals surface area contributed by atoms with Gasteiger partial charge in [-0.05, 0) is 69.8 Å². The van der Waals surface area contributed by atoms with Crippen LogP contribution < -0.4 is 5.46 Å². The van der Waals surface area contributed by atoms with Crippen molar-refractivity contribution in [1.29, 1.82) is 0 Å². The lowest BCUT2D eigenvalue weighted by molar-refractivity contribution is -0.140. The minimum atomic E-state index is -0.370. The predicted octanol–water partition coefficient (Wildman–Crippen LogP) is 5.50. The largest absolute Gasteiger partial charge is 0.494 e. The Bertz CT molecular complexity index is 1080. The molecule has 2 aromatic rings. The lowest BCUT2D eigenvalue weighted by atomic mass is 9.79. The highest BCUT2D eigenvalue weighted by Gasteiger charge is 2.51. The number of hydrogen-bond acceptors (Lipinski definition) is 4. The van der Waals surface area contributed by atoms with Crippen LogP contribution in [0.5, 0.6) is 0 Å². The molecule has 1 aromatic heterocycles. The molecule has 1 aromatic carbocycles. The quantitative estimate of drug-likeness (QED) is 0.561. The average Bonchev–Trinajstić information content (AvgIpc) is 3.52. The van der Waals surface area contributed by atoms with Gasteiger partial charge < -0.3 is 19.2 Å². The molecular formula is C29H42BN3O3. The number of rotatable bonds is 5. The van der Waals surface area contributed by atoms with Gasteiger partial charge in [-0.3, -0.25) is 4.79 Å². The number of amides is 1. The number of hydrogen-bond donors (Lipinski definition) is 1. The summed E-state index contributed by atoms with van der Waals surface area (Å²) in [6.07, 6.45) is 7.74. The van der Waals surface area contributed by atoms with E-state index in [2.05, 4.69) is 82.6 Å². The van der Waals surface area contributed by atoms with Gasteiger partial charge in [0.25, 0.3) is 0 Å². The summed E-state index contributed by atoms with van der Waals surface area (Å²) in [5.74, 6) is 2.13. The van der Waals surface area contributed by atoms with Crippen molar-refractivity contribution in [1.82, 2.24) is 14.9 Å². The van der Waals surface area contributed by atoms with Gasteiger partial charge in [0.15, 0.2) is 0 Å². The van der Waals surface area contributed by atoms with Crippen LogP contribution in [0, 0.1) is 17.8 Å². The minimum absolute atomic E-state index is 0.0186. The molecule has 2 aliphatic heterocycles. The molecule has 0 radical (unpaired) electrons. The number of aromatic nitrogens is 2. The van der Waals surface area contributed by atoms with Crippen LogP contribution in [-0.4, -0.2) is 45.1 Å². The van der Waals surface area contributed by atoms with Crippen LogP contribution in [0.4, 0.5) is 0 Å². The summed E-state index contributed by atoms with van der Waals surface area (Å²) in [5, 5.41) is 0. The molecule has 1 N–H and O–H groups in total. The molecule has 3 heterocycles. The predicted molar refractivity (Wildman–Crippen MR) is 144 cm³/mol. The van der Waals surface area contributed by atoms with E-state index in [1.807, 2.05) is 6.20 Å². The van der Waals surface area contributed by atoms with Crippen molar-refractivity contribution >= 4 is 18.5 Å². The summed E-state index contributed by atoms with van der Waals surface area (Å²) in [6, 6.07) is 8.71. The molecule has 194 valence electrons. The Hall–Kier alpha value is -2.12. The lowest BCUT2D eigenvalue weighted by Crippen LogP contribution is -2.44. The molecule has 36 heavy (non-hydrogen) atoms. The summed E-state index contributed by atoms with van der Waals surface area (Å²) in [4.78, 5) is 24.2. The van der Waals surface area contributed by atoms with Crippen LogP contribution in [0.3, 0.4) is 0 Å². The Morgan fingerprint density at radius 1 is 1.06 bits per heavy atom. The first kappa shape index (κ1) is 25.5. The lowest BCUT2D eigenvalue weighted by Gasteiger charge is -2.36. The smallest absolute Gasteiger partial charge is 0.399 e. The van der Waals surface area contributed by atoms with Crippen molar-refractivity contribution < 1.29 is 14.1 Å². The number of H-pyrrole nitrogens is 1. The van der Waals surface area contributed by atoms with Crippen molar-refractivity contribution in [3.63, 3.8) is 0 Å². The van der Waals surface area contributed by atoms with E-state index >= 15 is 0 Å². The van der Waals surface area contributed by atoms with Gasteiger partial charge in [-0.1, -0.05) is 57.9 Å². The molecule has 6 nitrogen and oxygen atoms in total. The molecule has 1 saturated carbocycles. The Morgan fingerprint density at radius 3 is 2.33 bits per heavy atom. The molecule has 0 unspecified atom stereocenters. The number of nitrogens with zero attached hydrogens (tertiary/aromatic N) is 2. The Labute approximate surface area is 216 Å². The number of carbonyl (C=O) groups is 1. The molecule has 3 fully saturated rings. The number of aromatic amines is 1. The normalized spacial score (nSPS) is 27.9. The zero-order valence-corrected chi connectivity index (χ0v) is 23.0. The second kappa shape index (κ2) is 9.32. The SMILES string of the molecule is CC(C)[C@H](C)C(=O)N1[C@H](c2ncc(-c3ccc(B4OC(C)(C)C(C)(C)O4)cc3)[nH]2)C[C@@H]2CCCC[C@@H]21. The van der Waals surface area contributed by atoms with Crippen molar-refractivity contribution in [3.05, 3.63) is 36.3 Å². The maximum Gasteiger partial charge on any atom is 0.494 e. The van der Waals surface area contributed by atoms with Gasteiger partial charge in [0, 0.05) is 12.0 Å². The minimum Gasteiger partial charge on any atom is -0.399 e. The van der Waals surface area contributed by atoms with E-state index in [0.29, 0.717) is 17.9 Å². The van der Waals surface area contributed by atoms with Crippen LogP contribution in [0.2, 0.25) is 0 Å². The van der Waals surface area contributed by atoms with Crippen molar-refractivity contribution in [2.45, 2.75) is 104 Å².